The summed E-state index contributed by atoms with van der Waals surface area (Å²) in [6, 6.07) is 31.6. The van der Waals surface area contributed by atoms with Gasteiger partial charge in [0.05, 0.1) is 6.17 Å². The van der Waals surface area contributed by atoms with Crippen molar-refractivity contribution < 1.29 is 27.9 Å². The van der Waals surface area contributed by atoms with Crippen molar-refractivity contribution in [3.8, 4) is 11.5 Å². The van der Waals surface area contributed by atoms with Crippen LogP contribution in [0, 0.1) is 0 Å². The fourth-order valence-electron chi connectivity index (χ4n) is 3.89. The quantitative estimate of drug-likeness (QED) is 0.127. The third-order valence-electron chi connectivity index (χ3n) is 6.12. The molecule has 0 heterocycles. The van der Waals surface area contributed by atoms with Crippen LogP contribution in [-0.2, 0) is 20.7 Å². The summed E-state index contributed by atoms with van der Waals surface area (Å²) in [5, 5.41) is 5.26. The first-order chi connectivity index (χ1) is 20.2. The Morgan fingerprint density at radius 2 is 1.19 bits per heavy atom. The lowest BCUT2D eigenvalue weighted by Crippen LogP contribution is -2.46. The third-order valence-corrected chi connectivity index (χ3v) is 8.11. The van der Waals surface area contributed by atoms with Gasteiger partial charge in [0.2, 0.25) is 5.91 Å². The Balaban J connectivity index is 1.61. The molecule has 6 N–H and O–H groups in total. The van der Waals surface area contributed by atoms with Gasteiger partial charge in [-0.3, -0.25) is 4.79 Å². The maximum absolute atomic E-state index is 14.7. The van der Waals surface area contributed by atoms with Gasteiger partial charge >= 0.3 is 13.7 Å². The first-order valence-corrected chi connectivity index (χ1v) is 14.8. The first kappa shape index (κ1) is 30.3. The Kier molecular flexibility index (Phi) is 10.3. The molecule has 2 atom stereocenters. The van der Waals surface area contributed by atoms with Crippen LogP contribution in [-0.4, -0.2) is 18.0 Å². The number of rotatable bonds is 12. The lowest BCUT2D eigenvalue weighted by Gasteiger charge is -2.29. The van der Waals surface area contributed by atoms with E-state index < -0.39 is 37.6 Å². The third kappa shape index (κ3) is 8.44. The number of nitrogens with one attached hydrogen (secondary N) is 2. The van der Waals surface area contributed by atoms with Crippen LogP contribution < -0.4 is 31.1 Å². The molecule has 11 heteroatoms. The van der Waals surface area contributed by atoms with Crippen LogP contribution in [0.4, 0.5) is 4.79 Å². The number of ether oxygens (including phenoxy) is 1. The molecule has 0 radical (unpaired) electrons. The molecule has 4 aromatic rings. The van der Waals surface area contributed by atoms with Crippen molar-refractivity contribution in [3.63, 3.8) is 0 Å². The fraction of sp³-hybridized carbons (Fsp3) is 0.161. The Morgan fingerprint density at radius 3 is 1.69 bits per heavy atom. The molecular weight excluding hydrogens is 555 g/mol. The molecule has 4 aromatic carbocycles. The average Bonchev–Trinajstić information content (AvgIpc) is 3.00. The molecule has 0 bridgehead atoms. The molecule has 0 aliphatic carbocycles. The van der Waals surface area contributed by atoms with Gasteiger partial charge in [-0.25, -0.2) is 9.36 Å². The predicted octanol–water partition coefficient (Wildman–Crippen LogP) is 5.38. The highest BCUT2D eigenvalue weighted by molar-refractivity contribution is 7.55. The zero-order chi connectivity index (χ0) is 30.0. The van der Waals surface area contributed by atoms with Crippen molar-refractivity contribution >= 4 is 19.6 Å². The normalized spacial score (nSPS) is 12.6. The zero-order valence-electron chi connectivity index (χ0n) is 23.0. The topological polar surface area (TPSA) is 155 Å². The van der Waals surface area contributed by atoms with Gasteiger partial charge < -0.3 is 35.9 Å². The van der Waals surface area contributed by atoms with E-state index in [2.05, 4.69) is 10.6 Å². The van der Waals surface area contributed by atoms with E-state index in [0.29, 0.717) is 11.1 Å². The van der Waals surface area contributed by atoms with Crippen LogP contribution in [0.15, 0.2) is 115 Å². The van der Waals surface area contributed by atoms with Gasteiger partial charge in [-0.05, 0) is 47.9 Å². The summed E-state index contributed by atoms with van der Waals surface area (Å²) < 4.78 is 31.9. The Bertz CT molecular complexity index is 1440. The lowest BCUT2D eigenvalue weighted by molar-refractivity contribution is -0.123. The number of hydrogen-bond donors (Lipinski definition) is 4. The van der Waals surface area contributed by atoms with Crippen LogP contribution in [0.3, 0.4) is 0 Å². The molecule has 0 aliphatic heterocycles. The number of amides is 2. The minimum atomic E-state index is -4.25. The second-order valence-corrected chi connectivity index (χ2v) is 11.3. The Morgan fingerprint density at radius 1 is 0.714 bits per heavy atom. The van der Waals surface area contributed by atoms with Crippen LogP contribution in [0.1, 0.15) is 35.6 Å². The van der Waals surface area contributed by atoms with Crippen molar-refractivity contribution in [2.75, 3.05) is 0 Å². The number of carbonyl (C=O) groups is 2. The molecule has 0 aliphatic rings. The molecule has 4 rings (SSSR count). The summed E-state index contributed by atoms with van der Waals surface area (Å²) in [5.74, 6) is -1.40. The number of carbonyl (C=O) groups excluding carboxylic acids is 2. The average molecular weight is 589 g/mol. The van der Waals surface area contributed by atoms with E-state index in [0.717, 1.165) is 5.56 Å². The van der Waals surface area contributed by atoms with Crippen molar-refractivity contribution in [1.82, 2.24) is 10.6 Å². The van der Waals surface area contributed by atoms with Crippen LogP contribution in [0.25, 0.3) is 0 Å². The van der Waals surface area contributed by atoms with Gasteiger partial charge in [-0.15, -0.1) is 0 Å². The number of benzene rings is 4. The first-order valence-electron chi connectivity index (χ1n) is 13.2. The molecule has 0 saturated carbocycles. The number of hydrogen-bond acceptors (Lipinski definition) is 8. The van der Waals surface area contributed by atoms with Gasteiger partial charge in [0.1, 0.15) is 24.1 Å². The van der Waals surface area contributed by atoms with Crippen molar-refractivity contribution in [3.05, 3.63) is 132 Å². The van der Waals surface area contributed by atoms with Crippen molar-refractivity contribution in [2.45, 2.75) is 31.5 Å². The summed E-state index contributed by atoms with van der Waals surface area (Å²) in [6.45, 7) is 1.51. The summed E-state index contributed by atoms with van der Waals surface area (Å²) >= 11 is 0. The van der Waals surface area contributed by atoms with E-state index in [1.165, 1.54) is 6.92 Å². The molecule has 42 heavy (non-hydrogen) atoms. The second kappa shape index (κ2) is 14.3. The molecule has 218 valence electrons. The van der Waals surface area contributed by atoms with E-state index in [1.54, 1.807) is 84.9 Å². The molecule has 0 aromatic heterocycles. The second-order valence-electron chi connectivity index (χ2n) is 9.38. The number of nitrogens with two attached hydrogens (primary N) is 2. The fourth-order valence-corrected chi connectivity index (χ4v) is 5.79. The predicted molar refractivity (Wildman–Crippen MR) is 159 cm³/mol. The molecule has 0 saturated heterocycles. The van der Waals surface area contributed by atoms with E-state index in [1.807, 2.05) is 30.3 Å². The van der Waals surface area contributed by atoms with Gasteiger partial charge in [0, 0.05) is 0 Å². The zero-order valence-corrected chi connectivity index (χ0v) is 23.9. The van der Waals surface area contributed by atoms with Crippen LogP contribution >= 0.6 is 7.60 Å². The highest BCUT2D eigenvalue weighted by Crippen LogP contribution is 2.59. The maximum Gasteiger partial charge on any atom is 0.457 e. The smallest absolute Gasteiger partial charge is 0.445 e. The van der Waals surface area contributed by atoms with Crippen molar-refractivity contribution in [2.24, 2.45) is 11.5 Å². The van der Waals surface area contributed by atoms with E-state index >= 15 is 0 Å². The number of para-hydroxylation sites is 2. The van der Waals surface area contributed by atoms with Gasteiger partial charge in [-0.1, -0.05) is 91.0 Å². The standard InChI is InChI=1S/C31H33N4O6P/c1-22(34-31(37)39-21-23-11-5-2-6-12-23)29(36)35-30(25-19-17-24(18-20-25)28(32)33)42(38,40-26-13-7-3-8-14-26)41-27-15-9-4-10-16-27/h2-20,22,28,30H,21,32-33H2,1H3,(H,34,37)(H,35,36)/t22-,30?/m0/s1. The Labute approximate surface area is 244 Å². The van der Waals surface area contributed by atoms with Crippen LogP contribution in [0.2, 0.25) is 0 Å². The van der Waals surface area contributed by atoms with E-state index in [-0.39, 0.29) is 18.1 Å². The molecule has 1 unspecified atom stereocenters. The van der Waals surface area contributed by atoms with E-state index in [4.69, 9.17) is 25.3 Å². The largest absolute Gasteiger partial charge is 0.457 e. The van der Waals surface area contributed by atoms with Gasteiger partial charge in [0.15, 0.2) is 5.78 Å². The molecule has 10 nitrogen and oxygen atoms in total. The van der Waals surface area contributed by atoms with Gasteiger partial charge in [0.25, 0.3) is 0 Å². The minimum absolute atomic E-state index is 0.0320. The summed E-state index contributed by atoms with van der Waals surface area (Å²) in [7, 11) is -4.25. The SMILES string of the molecule is C[C@H](NC(=O)OCc1ccccc1)C(=O)NC(c1ccc(C(N)N)cc1)P(=O)(Oc1ccccc1)Oc1ccccc1. The van der Waals surface area contributed by atoms with E-state index in [9.17, 15) is 14.2 Å². The highest BCUT2D eigenvalue weighted by Gasteiger charge is 2.42. The summed E-state index contributed by atoms with van der Waals surface area (Å²) in [6.07, 6.45) is -1.52. The highest BCUT2D eigenvalue weighted by atomic mass is 31.2. The monoisotopic (exact) mass is 588 g/mol. The minimum Gasteiger partial charge on any atom is -0.445 e. The summed E-state index contributed by atoms with van der Waals surface area (Å²) in [4.78, 5) is 25.8. The molecule has 0 fully saturated rings. The molecule has 0 spiro atoms. The number of alkyl carbamates (subject to hydrolysis) is 1. The van der Waals surface area contributed by atoms with Crippen molar-refractivity contribution in [1.29, 1.82) is 0 Å². The molecular formula is C31H33N4O6P. The maximum atomic E-state index is 14.7. The lowest BCUT2D eigenvalue weighted by atomic mass is 10.1. The van der Waals surface area contributed by atoms with Gasteiger partial charge in [-0.2, -0.15) is 0 Å². The molecule has 2 amide bonds. The Hall–Kier alpha value is -4.63. The van der Waals surface area contributed by atoms with Crippen LogP contribution in [0.5, 0.6) is 11.5 Å². The summed E-state index contributed by atoms with van der Waals surface area (Å²) in [5.41, 5.74) is 13.4.